The summed E-state index contributed by atoms with van der Waals surface area (Å²) >= 11 is 12.0. The van der Waals surface area contributed by atoms with Crippen LogP contribution in [0.5, 0.6) is 0 Å². The van der Waals surface area contributed by atoms with E-state index in [1.807, 2.05) is 17.0 Å². The van der Waals surface area contributed by atoms with Gasteiger partial charge in [-0.2, -0.15) is 0 Å². The molecule has 5 heteroatoms. The van der Waals surface area contributed by atoms with E-state index in [1.165, 1.54) is 0 Å². The Morgan fingerprint density at radius 3 is 2.48 bits per heavy atom. The fraction of sp³-hybridized carbons (Fsp3) is 0.562. The number of nitrogens with two attached hydrogens (primary N) is 1. The van der Waals surface area contributed by atoms with Crippen molar-refractivity contribution in [3.05, 3.63) is 33.8 Å². The molecule has 0 saturated heterocycles. The Hall–Kier alpha value is -0.770. The Kier molecular flexibility index (Phi) is 4.17. The third kappa shape index (κ3) is 2.92. The zero-order valence-corrected chi connectivity index (χ0v) is 13.5. The standard InChI is InChI=1S/C16H20Cl2N2O/c17-13-5-2-11(8-14(13)18)9-20(12-3-4-12)15(21)16(10-19)6-1-7-16/h2,5,8,12H,1,3-4,6-7,9-10,19H2. The summed E-state index contributed by atoms with van der Waals surface area (Å²) in [5.74, 6) is 0.227. The monoisotopic (exact) mass is 326 g/mol. The van der Waals surface area contributed by atoms with E-state index in [9.17, 15) is 4.79 Å². The van der Waals surface area contributed by atoms with Crippen molar-refractivity contribution in [2.24, 2.45) is 11.1 Å². The predicted octanol–water partition coefficient (Wildman–Crippen LogP) is 3.61. The number of amides is 1. The van der Waals surface area contributed by atoms with Crippen LogP contribution in [0.1, 0.15) is 37.7 Å². The van der Waals surface area contributed by atoms with Crippen LogP contribution < -0.4 is 5.73 Å². The molecule has 0 radical (unpaired) electrons. The molecule has 3 nitrogen and oxygen atoms in total. The van der Waals surface area contributed by atoms with Gasteiger partial charge in [-0.05, 0) is 43.4 Å². The van der Waals surface area contributed by atoms with E-state index in [4.69, 9.17) is 28.9 Å². The van der Waals surface area contributed by atoms with Gasteiger partial charge in [-0.1, -0.05) is 35.7 Å². The van der Waals surface area contributed by atoms with Crippen molar-refractivity contribution in [1.29, 1.82) is 0 Å². The molecule has 2 saturated carbocycles. The van der Waals surface area contributed by atoms with Crippen LogP contribution >= 0.6 is 23.2 Å². The average Bonchev–Trinajstić information content (AvgIpc) is 3.23. The first-order valence-electron chi connectivity index (χ1n) is 7.51. The van der Waals surface area contributed by atoms with Crippen molar-refractivity contribution in [2.75, 3.05) is 6.54 Å². The minimum Gasteiger partial charge on any atom is -0.335 e. The minimum absolute atomic E-state index is 0.227. The molecule has 0 heterocycles. The van der Waals surface area contributed by atoms with Crippen molar-refractivity contribution in [1.82, 2.24) is 4.90 Å². The summed E-state index contributed by atoms with van der Waals surface area (Å²) in [5, 5.41) is 1.08. The van der Waals surface area contributed by atoms with Crippen LogP contribution in [0, 0.1) is 5.41 Å². The second kappa shape index (κ2) is 5.79. The van der Waals surface area contributed by atoms with Crippen LogP contribution in [-0.4, -0.2) is 23.4 Å². The lowest BCUT2D eigenvalue weighted by Crippen LogP contribution is -2.52. The first-order chi connectivity index (χ1) is 10.1. The maximum Gasteiger partial charge on any atom is 0.230 e. The first kappa shape index (κ1) is 15.1. The molecule has 2 aliphatic rings. The number of carbonyl (C=O) groups excluding carboxylic acids is 1. The van der Waals surface area contributed by atoms with Gasteiger partial charge >= 0.3 is 0 Å². The molecule has 2 aliphatic carbocycles. The summed E-state index contributed by atoms with van der Waals surface area (Å²) in [7, 11) is 0. The van der Waals surface area contributed by atoms with Crippen molar-refractivity contribution in [3.63, 3.8) is 0 Å². The van der Waals surface area contributed by atoms with E-state index in [0.29, 0.717) is 29.2 Å². The third-order valence-electron chi connectivity index (χ3n) is 4.74. The normalized spacial score (nSPS) is 20.0. The number of benzene rings is 1. The molecule has 0 spiro atoms. The summed E-state index contributed by atoms with van der Waals surface area (Å²) < 4.78 is 0. The Morgan fingerprint density at radius 2 is 2.00 bits per heavy atom. The SMILES string of the molecule is NCC1(C(=O)N(Cc2ccc(Cl)c(Cl)c2)C2CC2)CCC1. The van der Waals surface area contributed by atoms with Gasteiger partial charge in [0.05, 0.1) is 15.5 Å². The van der Waals surface area contributed by atoms with E-state index in [0.717, 1.165) is 37.7 Å². The van der Waals surface area contributed by atoms with E-state index in [1.54, 1.807) is 6.07 Å². The first-order valence-corrected chi connectivity index (χ1v) is 8.26. The van der Waals surface area contributed by atoms with Gasteiger partial charge in [0.25, 0.3) is 0 Å². The smallest absolute Gasteiger partial charge is 0.230 e. The Morgan fingerprint density at radius 1 is 1.29 bits per heavy atom. The van der Waals surface area contributed by atoms with E-state index >= 15 is 0 Å². The molecular weight excluding hydrogens is 307 g/mol. The van der Waals surface area contributed by atoms with Gasteiger partial charge in [-0.15, -0.1) is 0 Å². The number of nitrogens with zero attached hydrogens (tertiary/aromatic N) is 1. The van der Waals surface area contributed by atoms with Gasteiger partial charge in [-0.25, -0.2) is 0 Å². The Labute approximate surface area is 135 Å². The van der Waals surface area contributed by atoms with Crippen LogP contribution in [0.25, 0.3) is 0 Å². The second-order valence-corrected chi connectivity index (χ2v) is 7.07. The lowest BCUT2D eigenvalue weighted by atomic mass is 9.67. The highest BCUT2D eigenvalue weighted by Gasteiger charge is 2.48. The highest BCUT2D eigenvalue weighted by molar-refractivity contribution is 6.42. The van der Waals surface area contributed by atoms with Gasteiger partial charge in [0.1, 0.15) is 0 Å². The van der Waals surface area contributed by atoms with E-state index in [-0.39, 0.29) is 11.3 Å². The molecule has 1 aromatic carbocycles. The molecule has 0 aliphatic heterocycles. The van der Waals surface area contributed by atoms with E-state index < -0.39 is 0 Å². The lowest BCUT2D eigenvalue weighted by Gasteiger charge is -2.43. The third-order valence-corrected chi connectivity index (χ3v) is 5.48. The van der Waals surface area contributed by atoms with Crippen LogP contribution in [0.4, 0.5) is 0 Å². The maximum absolute atomic E-state index is 12.9. The van der Waals surface area contributed by atoms with Crippen LogP contribution in [0.2, 0.25) is 10.0 Å². The van der Waals surface area contributed by atoms with Gasteiger partial charge in [0.2, 0.25) is 5.91 Å². The summed E-state index contributed by atoms with van der Waals surface area (Å²) in [4.78, 5) is 14.9. The maximum atomic E-state index is 12.9. The number of rotatable bonds is 5. The summed E-state index contributed by atoms with van der Waals surface area (Å²) in [6, 6.07) is 5.95. The molecule has 21 heavy (non-hydrogen) atoms. The zero-order valence-electron chi connectivity index (χ0n) is 11.9. The highest BCUT2D eigenvalue weighted by Crippen LogP contribution is 2.44. The molecule has 3 rings (SSSR count). The molecule has 1 amide bonds. The molecule has 0 unspecified atom stereocenters. The van der Waals surface area contributed by atoms with Crippen LogP contribution in [0.15, 0.2) is 18.2 Å². The quantitative estimate of drug-likeness (QED) is 0.898. The van der Waals surface area contributed by atoms with Gasteiger partial charge in [0, 0.05) is 19.1 Å². The summed E-state index contributed by atoms with van der Waals surface area (Å²) in [5.41, 5.74) is 6.60. The predicted molar refractivity (Wildman–Crippen MR) is 85.4 cm³/mol. The molecule has 0 bridgehead atoms. The number of carbonyl (C=O) groups is 1. The molecule has 2 N–H and O–H groups in total. The molecule has 2 fully saturated rings. The van der Waals surface area contributed by atoms with Gasteiger partial charge in [-0.3, -0.25) is 4.79 Å². The van der Waals surface area contributed by atoms with Crippen molar-refractivity contribution in [3.8, 4) is 0 Å². The fourth-order valence-electron chi connectivity index (χ4n) is 3.00. The van der Waals surface area contributed by atoms with Crippen molar-refractivity contribution in [2.45, 2.75) is 44.7 Å². The molecular formula is C16H20Cl2N2O. The number of hydrogen-bond donors (Lipinski definition) is 1. The second-order valence-electron chi connectivity index (χ2n) is 6.25. The largest absolute Gasteiger partial charge is 0.335 e. The van der Waals surface area contributed by atoms with Gasteiger partial charge < -0.3 is 10.6 Å². The lowest BCUT2D eigenvalue weighted by molar-refractivity contribution is -0.148. The van der Waals surface area contributed by atoms with Gasteiger partial charge in [0.15, 0.2) is 0 Å². The molecule has 114 valence electrons. The summed E-state index contributed by atoms with van der Waals surface area (Å²) in [6.07, 6.45) is 5.13. The van der Waals surface area contributed by atoms with E-state index in [2.05, 4.69) is 0 Å². The zero-order chi connectivity index (χ0) is 15.0. The minimum atomic E-state index is -0.307. The van der Waals surface area contributed by atoms with Crippen molar-refractivity contribution >= 4 is 29.1 Å². The number of halogens is 2. The van der Waals surface area contributed by atoms with Crippen LogP contribution in [-0.2, 0) is 11.3 Å². The van der Waals surface area contributed by atoms with Crippen LogP contribution in [0.3, 0.4) is 0 Å². The average molecular weight is 327 g/mol. The van der Waals surface area contributed by atoms with Crippen molar-refractivity contribution < 1.29 is 4.79 Å². The fourth-order valence-corrected chi connectivity index (χ4v) is 3.32. The Bertz CT molecular complexity index is 548. The topological polar surface area (TPSA) is 46.3 Å². The highest BCUT2D eigenvalue weighted by atomic mass is 35.5. The molecule has 1 aromatic rings. The molecule has 0 atom stereocenters. The summed E-state index contributed by atoms with van der Waals surface area (Å²) in [6.45, 7) is 1.05. The number of hydrogen-bond acceptors (Lipinski definition) is 2. The molecule has 0 aromatic heterocycles. The Balaban J connectivity index is 1.78.